The molecule has 2 heterocycles. The second kappa shape index (κ2) is 5.81. The van der Waals surface area contributed by atoms with Gasteiger partial charge in [-0.05, 0) is 24.8 Å². The maximum atomic E-state index is 4.17. The van der Waals surface area contributed by atoms with E-state index < -0.39 is 0 Å². The number of unbranched alkanes of at least 4 members (excludes halogenated alkanes) is 1. The summed E-state index contributed by atoms with van der Waals surface area (Å²) in [7, 11) is 0. The van der Waals surface area contributed by atoms with Crippen LogP contribution in [0.1, 0.15) is 37.9 Å². The van der Waals surface area contributed by atoms with Crippen LogP contribution in [0.3, 0.4) is 0 Å². The molecule has 2 nitrogen and oxygen atoms in total. The molecule has 82 valence electrons. The third-order valence-electron chi connectivity index (χ3n) is 2.24. The number of hydrogen-bond donors (Lipinski definition) is 0. The first kappa shape index (κ1) is 12.1. The number of fused-ring (bicyclic) bond motifs is 1. The smallest absolute Gasteiger partial charge is 0.127 e. The van der Waals surface area contributed by atoms with Crippen LogP contribution in [0.4, 0.5) is 0 Å². The van der Waals surface area contributed by atoms with Crippen molar-refractivity contribution in [1.82, 2.24) is 9.97 Å². The molecule has 0 aliphatic carbocycles. The molecule has 15 heavy (non-hydrogen) atoms. The third-order valence-corrected chi connectivity index (χ3v) is 3.25. The molecule has 2 aromatic rings. The highest BCUT2D eigenvalue weighted by atomic mass is 32.1. The predicted octanol–water partition coefficient (Wildman–Crippen LogP) is 4.11. The van der Waals surface area contributed by atoms with Crippen LogP contribution < -0.4 is 0 Å². The van der Waals surface area contributed by atoms with E-state index in [0.29, 0.717) is 0 Å². The standard InChI is InChI=1S/C8H8N2S.C4H10/c1-5-3-11-8-7(5)6(2)9-4-10-8;1-3-4-2/h3-4H,1-2H3;3-4H2,1-2H3. The molecule has 0 fully saturated rings. The van der Waals surface area contributed by atoms with Crippen molar-refractivity contribution in [2.75, 3.05) is 0 Å². The lowest BCUT2D eigenvalue weighted by atomic mass is 10.2. The first-order valence-corrected chi connectivity index (χ1v) is 6.24. The maximum absolute atomic E-state index is 4.17. The Morgan fingerprint density at radius 3 is 2.33 bits per heavy atom. The fraction of sp³-hybridized carbons (Fsp3) is 0.500. The lowest BCUT2D eigenvalue weighted by molar-refractivity contribution is 0.886. The van der Waals surface area contributed by atoms with Crippen LogP contribution in [0.25, 0.3) is 10.2 Å². The van der Waals surface area contributed by atoms with Gasteiger partial charge in [-0.1, -0.05) is 26.7 Å². The molecule has 0 saturated heterocycles. The Morgan fingerprint density at radius 1 is 1.13 bits per heavy atom. The number of nitrogens with zero attached hydrogens (tertiary/aromatic N) is 2. The monoisotopic (exact) mass is 222 g/mol. The van der Waals surface area contributed by atoms with Crippen molar-refractivity contribution in [3.05, 3.63) is 23.0 Å². The topological polar surface area (TPSA) is 25.8 Å². The normalized spacial score (nSPS) is 9.87. The molecule has 3 heteroatoms. The van der Waals surface area contributed by atoms with Gasteiger partial charge in [0, 0.05) is 11.1 Å². The summed E-state index contributed by atoms with van der Waals surface area (Å²) in [5, 5.41) is 3.34. The Labute approximate surface area is 95.4 Å². The zero-order valence-corrected chi connectivity index (χ0v) is 10.7. The summed E-state index contributed by atoms with van der Waals surface area (Å²) in [5.74, 6) is 0. The van der Waals surface area contributed by atoms with E-state index >= 15 is 0 Å². The lowest BCUT2D eigenvalue weighted by Crippen LogP contribution is -1.83. The van der Waals surface area contributed by atoms with Crippen LogP contribution >= 0.6 is 11.3 Å². The summed E-state index contributed by atoms with van der Waals surface area (Å²) >= 11 is 1.68. The second-order valence-electron chi connectivity index (χ2n) is 3.56. The van der Waals surface area contributed by atoms with Crippen LogP contribution in [0.5, 0.6) is 0 Å². The number of thiophene rings is 1. The quantitative estimate of drug-likeness (QED) is 0.725. The van der Waals surface area contributed by atoms with Gasteiger partial charge in [0.25, 0.3) is 0 Å². The average molecular weight is 222 g/mol. The maximum Gasteiger partial charge on any atom is 0.127 e. The summed E-state index contributed by atoms with van der Waals surface area (Å²) in [6, 6.07) is 0. The molecule has 0 bridgehead atoms. The molecule has 0 aliphatic heterocycles. The Bertz CT molecular complexity index is 418. The van der Waals surface area contributed by atoms with Gasteiger partial charge in [0.05, 0.1) is 0 Å². The van der Waals surface area contributed by atoms with Crippen molar-refractivity contribution in [3.63, 3.8) is 0 Å². The molecule has 2 rings (SSSR count). The summed E-state index contributed by atoms with van der Waals surface area (Å²) < 4.78 is 0. The van der Waals surface area contributed by atoms with Gasteiger partial charge in [-0.15, -0.1) is 11.3 Å². The fourth-order valence-corrected chi connectivity index (χ4v) is 2.14. The van der Waals surface area contributed by atoms with Gasteiger partial charge in [-0.25, -0.2) is 9.97 Å². The lowest BCUT2D eigenvalue weighted by Gasteiger charge is -1.93. The molecule has 2 aromatic heterocycles. The highest BCUT2D eigenvalue weighted by Crippen LogP contribution is 2.24. The van der Waals surface area contributed by atoms with E-state index in [1.165, 1.54) is 23.8 Å². The molecular formula is C12H18N2S. The van der Waals surface area contributed by atoms with E-state index in [-0.39, 0.29) is 0 Å². The minimum absolute atomic E-state index is 1.08. The minimum atomic E-state index is 1.08. The van der Waals surface area contributed by atoms with Gasteiger partial charge in [0.2, 0.25) is 0 Å². The first-order valence-electron chi connectivity index (χ1n) is 5.36. The van der Waals surface area contributed by atoms with Crippen molar-refractivity contribution in [3.8, 4) is 0 Å². The zero-order chi connectivity index (χ0) is 11.3. The second-order valence-corrected chi connectivity index (χ2v) is 4.42. The Morgan fingerprint density at radius 2 is 1.80 bits per heavy atom. The molecule has 0 saturated carbocycles. The highest BCUT2D eigenvalue weighted by Gasteiger charge is 2.03. The predicted molar refractivity (Wildman–Crippen MR) is 67.5 cm³/mol. The van der Waals surface area contributed by atoms with E-state index in [9.17, 15) is 0 Å². The summed E-state index contributed by atoms with van der Waals surface area (Å²) in [4.78, 5) is 9.40. The Kier molecular flexibility index (Phi) is 4.69. The summed E-state index contributed by atoms with van der Waals surface area (Å²) in [5.41, 5.74) is 2.36. The van der Waals surface area contributed by atoms with Gasteiger partial charge in [0.15, 0.2) is 0 Å². The van der Waals surface area contributed by atoms with Crippen LogP contribution in [0.15, 0.2) is 11.7 Å². The molecule has 0 aromatic carbocycles. The zero-order valence-electron chi connectivity index (χ0n) is 9.87. The van der Waals surface area contributed by atoms with Crippen molar-refractivity contribution >= 4 is 21.6 Å². The highest BCUT2D eigenvalue weighted by molar-refractivity contribution is 7.16. The molecule has 0 amide bonds. The molecule has 0 atom stereocenters. The largest absolute Gasteiger partial charge is 0.241 e. The van der Waals surface area contributed by atoms with Crippen molar-refractivity contribution in [2.45, 2.75) is 40.5 Å². The average Bonchev–Trinajstić information content (AvgIpc) is 2.62. The van der Waals surface area contributed by atoms with E-state index in [1.807, 2.05) is 6.92 Å². The van der Waals surface area contributed by atoms with Crippen LogP contribution in [-0.2, 0) is 0 Å². The van der Waals surface area contributed by atoms with Crippen molar-refractivity contribution in [2.24, 2.45) is 0 Å². The SMILES string of the molecule is CCCC.Cc1csc2ncnc(C)c12. The summed E-state index contributed by atoms with van der Waals surface area (Å²) in [6.07, 6.45) is 4.26. The van der Waals surface area contributed by atoms with Gasteiger partial charge in [-0.3, -0.25) is 0 Å². The van der Waals surface area contributed by atoms with E-state index in [0.717, 1.165) is 10.5 Å². The molecular weight excluding hydrogens is 204 g/mol. The third kappa shape index (κ3) is 2.99. The van der Waals surface area contributed by atoms with Gasteiger partial charge in [-0.2, -0.15) is 0 Å². The summed E-state index contributed by atoms with van der Waals surface area (Å²) in [6.45, 7) is 8.47. The minimum Gasteiger partial charge on any atom is -0.241 e. The van der Waals surface area contributed by atoms with Crippen LogP contribution in [0.2, 0.25) is 0 Å². The molecule has 0 N–H and O–H groups in total. The van der Waals surface area contributed by atoms with Crippen LogP contribution in [-0.4, -0.2) is 9.97 Å². The number of hydrogen-bond acceptors (Lipinski definition) is 3. The fourth-order valence-electron chi connectivity index (χ4n) is 1.20. The Balaban J connectivity index is 0.000000245. The Hall–Kier alpha value is -0.960. The number of aryl methyl sites for hydroxylation is 2. The van der Waals surface area contributed by atoms with E-state index in [4.69, 9.17) is 0 Å². The van der Waals surface area contributed by atoms with E-state index in [1.54, 1.807) is 17.7 Å². The molecule has 0 aliphatic rings. The van der Waals surface area contributed by atoms with Crippen molar-refractivity contribution < 1.29 is 0 Å². The van der Waals surface area contributed by atoms with Gasteiger partial charge < -0.3 is 0 Å². The van der Waals surface area contributed by atoms with Crippen LogP contribution in [0, 0.1) is 13.8 Å². The first-order chi connectivity index (χ1) is 7.20. The number of aromatic nitrogens is 2. The van der Waals surface area contributed by atoms with Crippen molar-refractivity contribution in [1.29, 1.82) is 0 Å². The molecule has 0 radical (unpaired) electrons. The molecule has 0 unspecified atom stereocenters. The molecule has 0 spiro atoms. The van der Waals surface area contributed by atoms with Gasteiger partial charge in [0.1, 0.15) is 11.2 Å². The van der Waals surface area contributed by atoms with E-state index in [2.05, 4.69) is 36.1 Å². The van der Waals surface area contributed by atoms with Gasteiger partial charge >= 0.3 is 0 Å². The number of rotatable bonds is 1.